The Morgan fingerprint density at radius 1 is 1.73 bits per heavy atom. The molecule has 0 atom stereocenters. The summed E-state index contributed by atoms with van der Waals surface area (Å²) in [6.07, 6.45) is -1.85. The number of aromatic amines is 1. The molecule has 1 N–H and O–H groups in total. The van der Waals surface area contributed by atoms with E-state index in [2.05, 4.69) is 10.2 Å². The van der Waals surface area contributed by atoms with Gasteiger partial charge in [0.05, 0.1) is 11.8 Å². The van der Waals surface area contributed by atoms with Crippen molar-refractivity contribution in [3.05, 3.63) is 17.5 Å². The highest BCUT2D eigenvalue weighted by atomic mass is 35.5. The summed E-state index contributed by atoms with van der Waals surface area (Å²) in [6, 6.07) is 0. The zero-order chi connectivity index (χ0) is 8.43. The minimum atomic E-state index is -2.73. The van der Waals surface area contributed by atoms with Gasteiger partial charge in [0.25, 0.3) is 11.7 Å². The van der Waals surface area contributed by atoms with Crippen molar-refractivity contribution < 1.29 is 13.6 Å². The normalized spacial score (nSPS) is 10.5. The van der Waals surface area contributed by atoms with E-state index in [1.54, 1.807) is 0 Å². The smallest absolute Gasteiger partial charge is 0.270 e. The van der Waals surface area contributed by atoms with Crippen LogP contribution in [0.3, 0.4) is 0 Å². The zero-order valence-electron chi connectivity index (χ0n) is 5.14. The van der Waals surface area contributed by atoms with Crippen molar-refractivity contribution in [2.75, 3.05) is 0 Å². The Hall–Kier alpha value is -0.970. The van der Waals surface area contributed by atoms with E-state index in [1.165, 1.54) is 0 Å². The van der Waals surface area contributed by atoms with E-state index in [1.807, 2.05) is 0 Å². The second kappa shape index (κ2) is 2.96. The number of carbonyl (C=O) groups excluding carboxylic acids is 1. The molecule has 0 aliphatic rings. The molecule has 60 valence electrons. The van der Waals surface area contributed by atoms with E-state index in [4.69, 9.17) is 11.6 Å². The maximum atomic E-state index is 12.0. The molecule has 0 saturated carbocycles. The molecular formula is C5H3ClF2N2O. The fourth-order valence-corrected chi connectivity index (χ4v) is 0.770. The summed E-state index contributed by atoms with van der Waals surface area (Å²) >= 11 is 4.95. The van der Waals surface area contributed by atoms with Crippen LogP contribution in [0.1, 0.15) is 22.5 Å². The molecular weight excluding hydrogens is 178 g/mol. The maximum Gasteiger partial charge on any atom is 0.270 e. The van der Waals surface area contributed by atoms with Gasteiger partial charge in [-0.1, -0.05) is 0 Å². The van der Waals surface area contributed by atoms with Crippen LogP contribution in [-0.2, 0) is 0 Å². The van der Waals surface area contributed by atoms with Crippen LogP contribution in [-0.4, -0.2) is 15.4 Å². The van der Waals surface area contributed by atoms with Gasteiger partial charge in [-0.15, -0.1) is 0 Å². The average Bonchev–Trinajstić information content (AvgIpc) is 2.32. The van der Waals surface area contributed by atoms with E-state index < -0.39 is 17.2 Å². The van der Waals surface area contributed by atoms with Gasteiger partial charge in [0.1, 0.15) is 5.69 Å². The molecule has 0 spiro atoms. The van der Waals surface area contributed by atoms with E-state index in [9.17, 15) is 13.6 Å². The lowest BCUT2D eigenvalue weighted by Gasteiger charge is -1.93. The standard InChI is InChI=1S/C5H3ClF2N2O/c6-4(11)3-2(5(7)8)1-9-10-3/h1,5H,(H,9,10). The molecule has 0 saturated heterocycles. The van der Waals surface area contributed by atoms with Crippen molar-refractivity contribution >= 4 is 16.8 Å². The van der Waals surface area contributed by atoms with Gasteiger partial charge in [0.2, 0.25) is 0 Å². The van der Waals surface area contributed by atoms with Crippen LogP contribution in [0.25, 0.3) is 0 Å². The van der Waals surface area contributed by atoms with Crippen molar-refractivity contribution in [1.29, 1.82) is 0 Å². The first kappa shape index (κ1) is 8.13. The second-order valence-electron chi connectivity index (χ2n) is 1.77. The van der Waals surface area contributed by atoms with Crippen LogP contribution in [0.2, 0.25) is 0 Å². The van der Waals surface area contributed by atoms with Crippen LogP contribution in [0.4, 0.5) is 8.78 Å². The highest BCUT2D eigenvalue weighted by Crippen LogP contribution is 2.21. The number of hydrogen-bond donors (Lipinski definition) is 1. The Morgan fingerprint density at radius 2 is 2.36 bits per heavy atom. The molecule has 0 fully saturated rings. The third kappa shape index (κ3) is 1.54. The number of nitrogens with one attached hydrogen (secondary N) is 1. The SMILES string of the molecule is O=C(Cl)c1[nH]ncc1C(F)F. The lowest BCUT2D eigenvalue weighted by Crippen LogP contribution is -1.95. The average molecular weight is 181 g/mol. The molecule has 6 heteroatoms. The van der Waals surface area contributed by atoms with Gasteiger partial charge in [-0.25, -0.2) is 8.78 Å². The second-order valence-corrected chi connectivity index (χ2v) is 2.12. The molecule has 0 radical (unpaired) electrons. The fourth-order valence-electron chi connectivity index (χ4n) is 0.618. The summed E-state index contributed by atoms with van der Waals surface area (Å²) in [5.41, 5.74) is -0.813. The molecule has 0 unspecified atom stereocenters. The van der Waals surface area contributed by atoms with Gasteiger partial charge in [-0.3, -0.25) is 9.89 Å². The van der Waals surface area contributed by atoms with Gasteiger partial charge in [-0.05, 0) is 11.6 Å². The molecule has 0 aromatic carbocycles. The highest BCUT2D eigenvalue weighted by Gasteiger charge is 2.18. The topological polar surface area (TPSA) is 45.8 Å². The molecule has 11 heavy (non-hydrogen) atoms. The van der Waals surface area contributed by atoms with Crippen molar-refractivity contribution in [3.8, 4) is 0 Å². The van der Waals surface area contributed by atoms with Crippen molar-refractivity contribution in [1.82, 2.24) is 10.2 Å². The Morgan fingerprint density at radius 3 is 2.73 bits per heavy atom. The number of H-pyrrole nitrogens is 1. The number of nitrogens with zero attached hydrogens (tertiary/aromatic N) is 1. The number of aromatic nitrogens is 2. The summed E-state index contributed by atoms with van der Waals surface area (Å²) < 4.78 is 23.9. The summed E-state index contributed by atoms with van der Waals surface area (Å²) in [6.45, 7) is 0. The summed E-state index contributed by atoms with van der Waals surface area (Å²) in [7, 11) is 0. The van der Waals surface area contributed by atoms with Crippen LogP contribution in [0.15, 0.2) is 6.20 Å². The summed E-state index contributed by atoms with van der Waals surface area (Å²) in [5.74, 6) is 0. The summed E-state index contributed by atoms with van der Waals surface area (Å²) in [5, 5.41) is 4.37. The minimum Gasteiger partial charge on any atom is -0.274 e. The molecule has 1 rings (SSSR count). The van der Waals surface area contributed by atoms with Crippen molar-refractivity contribution in [2.45, 2.75) is 6.43 Å². The third-order valence-corrected chi connectivity index (χ3v) is 1.29. The van der Waals surface area contributed by atoms with E-state index in [-0.39, 0.29) is 5.69 Å². The fraction of sp³-hybridized carbons (Fsp3) is 0.200. The van der Waals surface area contributed by atoms with Crippen molar-refractivity contribution in [3.63, 3.8) is 0 Å². The first-order valence-corrected chi connectivity index (χ1v) is 3.02. The molecule has 1 heterocycles. The molecule has 0 bridgehead atoms. The molecule has 1 aromatic heterocycles. The van der Waals surface area contributed by atoms with E-state index >= 15 is 0 Å². The van der Waals surface area contributed by atoms with Crippen LogP contribution >= 0.6 is 11.6 Å². The van der Waals surface area contributed by atoms with Gasteiger partial charge in [-0.2, -0.15) is 5.10 Å². The predicted molar refractivity (Wildman–Crippen MR) is 33.7 cm³/mol. The molecule has 0 aliphatic carbocycles. The quantitative estimate of drug-likeness (QED) is 0.705. The number of hydrogen-bond acceptors (Lipinski definition) is 2. The zero-order valence-corrected chi connectivity index (χ0v) is 5.90. The Labute approximate surface area is 65.4 Å². The number of alkyl halides is 2. The third-order valence-electron chi connectivity index (χ3n) is 1.10. The largest absolute Gasteiger partial charge is 0.274 e. The first-order chi connectivity index (χ1) is 5.13. The predicted octanol–water partition coefficient (Wildman–Crippen LogP) is 1.73. The number of rotatable bonds is 2. The van der Waals surface area contributed by atoms with Crippen LogP contribution < -0.4 is 0 Å². The van der Waals surface area contributed by atoms with Gasteiger partial charge in [0, 0.05) is 0 Å². The lowest BCUT2D eigenvalue weighted by atomic mass is 10.3. The molecule has 3 nitrogen and oxygen atoms in total. The van der Waals surface area contributed by atoms with Gasteiger partial charge < -0.3 is 0 Å². The lowest BCUT2D eigenvalue weighted by molar-refractivity contribution is 0.106. The van der Waals surface area contributed by atoms with E-state index in [0.29, 0.717) is 0 Å². The maximum absolute atomic E-state index is 12.0. The van der Waals surface area contributed by atoms with E-state index in [0.717, 1.165) is 6.20 Å². The Bertz CT molecular complexity index is 273. The Kier molecular flexibility index (Phi) is 2.19. The minimum absolute atomic E-state index is 0.346. The number of carbonyl (C=O) groups is 1. The monoisotopic (exact) mass is 180 g/mol. The first-order valence-electron chi connectivity index (χ1n) is 2.64. The highest BCUT2D eigenvalue weighted by molar-refractivity contribution is 6.67. The van der Waals surface area contributed by atoms with Crippen LogP contribution in [0, 0.1) is 0 Å². The Balaban J connectivity index is 3.06. The molecule has 1 aromatic rings. The molecule has 0 amide bonds. The molecule has 0 aliphatic heterocycles. The van der Waals surface area contributed by atoms with Crippen LogP contribution in [0.5, 0.6) is 0 Å². The number of halogens is 3. The van der Waals surface area contributed by atoms with Crippen molar-refractivity contribution in [2.24, 2.45) is 0 Å². The van der Waals surface area contributed by atoms with Gasteiger partial charge >= 0.3 is 0 Å². The summed E-state index contributed by atoms with van der Waals surface area (Å²) in [4.78, 5) is 10.4. The van der Waals surface area contributed by atoms with Gasteiger partial charge in [0.15, 0.2) is 0 Å².